The smallest absolute Gasteiger partial charge is 0.248 e. The molecule has 1 aromatic heterocycles. The van der Waals surface area contributed by atoms with Crippen LogP contribution < -0.4 is 14.8 Å². The van der Waals surface area contributed by atoms with Crippen LogP contribution in [0.4, 0.5) is 5.69 Å². The zero-order chi connectivity index (χ0) is 25.6. The second-order valence-corrected chi connectivity index (χ2v) is 8.65. The van der Waals surface area contributed by atoms with Gasteiger partial charge >= 0.3 is 0 Å². The number of amides is 1. The highest BCUT2D eigenvalue weighted by molar-refractivity contribution is 6.04. The molecule has 0 bridgehead atoms. The quantitative estimate of drug-likeness (QED) is 0.227. The van der Waals surface area contributed by atoms with Gasteiger partial charge in [-0.3, -0.25) is 4.79 Å². The fraction of sp³-hybridized carbons (Fsp3) is 0.0938. The average Bonchev–Trinajstić information content (AvgIpc) is 3.38. The molecule has 0 fully saturated rings. The van der Waals surface area contributed by atoms with E-state index in [0.717, 1.165) is 16.5 Å². The molecule has 0 unspecified atom stereocenters. The van der Waals surface area contributed by atoms with Crippen LogP contribution in [0.15, 0.2) is 120 Å². The van der Waals surface area contributed by atoms with E-state index < -0.39 is 0 Å². The van der Waals surface area contributed by atoms with Gasteiger partial charge < -0.3 is 19.2 Å². The van der Waals surface area contributed by atoms with Gasteiger partial charge in [-0.15, -0.1) is 0 Å². The van der Waals surface area contributed by atoms with E-state index in [4.69, 9.17) is 13.9 Å². The minimum absolute atomic E-state index is 0.254. The van der Waals surface area contributed by atoms with Crippen LogP contribution in [-0.4, -0.2) is 13.0 Å². The van der Waals surface area contributed by atoms with Crippen LogP contribution in [0.1, 0.15) is 29.9 Å². The lowest BCUT2D eigenvalue weighted by atomic mass is 10.0. The third-order valence-corrected chi connectivity index (χ3v) is 6.03. The van der Waals surface area contributed by atoms with Crippen molar-refractivity contribution in [1.29, 1.82) is 0 Å². The van der Waals surface area contributed by atoms with Gasteiger partial charge in [-0.25, -0.2) is 0 Å². The van der Waals surface area contributed by atoms with Crippen molar-refractivity contribution in [2.45, 2.75) is 13.0 Å². The predicted molar refractivity (Wildman–Crippen MR) is 147 cm³/mol. The van der Waals surface area contributed by atoms with Crippen LogP contribution in [-0.2, 0) is 4.79 Å². The lowest BCUT2D eigenvalue weighted by molar-refractivity contribution is -0.111. The van der Waals surface area contributed by atoms with E-state index in [2.05, 4.69) is 29.6 Å². The molecule has 5 nitrogen and oxygen atoms in total. The van der Waals surface area contributed by atoms with Crippen LogP contribution in [0.5, 0.6) is 11.5 Å². The number of benzene rings is 4. The Morgan fingerprint density at radius 2 is 1.51 bits per heavy atom. The van der Waals surface area contributed by atoms with Gasteiger partial charge in [-0.05, 0) is 47.9 Å². The highest BCUT2D eigenvalue weighted by Crippen LogP contribution is 2.36. The number of methoxy groups -OCH3 is 1. The van der Waals surface area contributed by atoms with E-state index in [0.29, 0.717) is 34.1 Å². The fourth-order valence-corrected chi connectivity index (χ4v) is 4.18. The van der Waals surface area contributed by atoms with Crippen molar-refractivity contribution in [1.82, 2.24) is 0 Å². The monoisotopic (exact) mass is 489 g/mol. The van der Waals surface area contributed by atoms with Gasteiger partial charge in [-0.2, -0.15) is 0 Å². The Labute approximate surface area is 216 Å². The maximum absolute atomic E-state index is 12.6. The second kappa shape index (κ2) is 10.9. The van der Waals surface area contributed by atoms with E-state index in [1.807, 2.05) is 85.8 Å². The second-order valence-electron chi connectivity index (χ2n) is 8.65. The van der Waals surface area contributed by atoms with Gasteiger partial charge in [0.15, 0.2) is 11.3 Å². The highest BCUT2D eigenvalue weighted by atomic mass is 16.5. The van der Waals surface area contributed by atoms with Crippen LogP contribution in [0, 0.1) is 0 Å². The number of fused-ring (bicyclic) bond motifs is 1. The largest absolute Gasteiger partial charge is 0.497 e. The van der Waals surface area contributed by atoms with Gasteiger partial charge in [0.1, 0.15) is 17.6 Å². The van der Waals surface area contributed by atoms with E-state index >= 15 is 0 Å². The Morgan fingerprint density at radius 3 is 2.19 bits per heavy atom. The number of ether oxygens (including phenoxy) is 2. The molecule has 5 rings (SSSR count). The average molecular weight is 490 g/mol. The summed E-state index contributed by atoms with van der Waals surface area (Å²) >= 11 is 0. The molecule has 37 heavy (non-hydrogen) atoms. The first-order valence-electron chi connectivity index (χ1n) is 12.0. The molecule has 0 aliphatic heterocycles. The first kappa shape index (κ1) is 23.9. The number of allylic oxidation sites excluding steroid dienone is 1. The summed E-state index contributed by atoms with van der Waals surface area (Å²) in [6.45, 7) is 1.85. The highest BCUT2D eigenvalue weighted by Gasteiger charge is 2.19. The molecule has 0 saturated carbocycles. The zero-order valence-corrected chi connectivity index (χ0v) is 20.7. The van der Waals surface area contributed by atoms with Crippen molar-refractivity contribution in [2.24, 2.45) is 0 Å². The molecular formula is C32H27NO4. The van der Waals surface area contributed by atoms with Gasteiger partial charge in [-0.1, -0.05) is 78.9 Å². The Balaban J connectivity index is 1.42. The minimum atomic E-state index is -0.299. The van der Waals surface area contributed by atoms with Crippen molar-refractivity contribution in [3.8, 4) is 11.5 Å². The van der Waals surface area contributed by atoms with Crippen LogP contribution in [0.25, 0.3) is 16.5 Å². The number of rotatable bonds is 8. The summed E-state index contributed by atoms with van der Waals surface area (Å²) in [5.74, 6) is 1.65. The Bertz CT molecular complexity index is 1500. The molecule has 0 spiro atoms. The normalized spacial score (nSPS) is 11.5. The number of hydrogen-bond donors (Lipinski definition) is 1. The lowest BCUT2D eigenvalue weighted by Crippen LogP contribution is -2.09. The van der Waals surface area contributed by atoms with Crippen LogP contribution in [0.3, 0.4) is 0 Å². The topological polar surface area (TPSA) is 60.7 Å². The Kier molecular flexibility index (Phi) is 7.04. The maximum atomic E-state index is 12.6. The zero-order valence-electron chi connectivity index (χ0n) is 20.7. The molecule has 1 heterocycles. The molecule has 0 radical (unpaired) electrons. The maximum Gasteiger partial charge on any atom is 0.248 e. The number of nitrogens with one attached hydrogen (secondary N) is 1. The number of carbonyl (C=O) groups is 1. The van der Waals surface area contributed by atoms with Crippen molar-refractivity contribution >= 4 is 28.1 Å². The molecule has 0 aliphatic rings. The van der Waals surface area contributed by atoms with Crippen LogP contribution in [0.2, 0.25) is 0 Å². The number of hydrogen-bond acceptors (Lipinski definition) is 4. The summed E-state index contributed by atoms with van der Waals surface area (Å²) in [4.78, 5) is 12.6. The first-order valence-corrected chi connectivity index (χ1v) is 12.0. The van der Waals surface area contributed by atoms with Gasteiger partial charge in [0.2, 0.25) is 5.91 Å². The summed E-state index contributed by atoms with van der Waals surface area (Å²) in [7, 11) is 1.59. The summed E-state index contributed by atoms with van der Waals surface area (Å²) in [6, 6.07) is 35.2. The van der Waals surface area contributed by atoms with Crippen LogP contribution >= 0.6 is 0 Å². The summed E-state index contributed by atoms with van der Waals surface area (Å²) in [5, 5.41) is 3.76. The number of anilines is 1. The fourth-order valence-electron chi connectivity index (χ4n) is 4.18. The van der Waals surface area contributed by atoms with Crippen molar-refractivity contribution in [3.05, 3.63) is 132 Å². The number of furan rings is 1. The third kappa shape index (κ3) is 5.57. The minimum Gasteiger partial charge on any atom is -0.497 e. The standard InChI is InChI=1S/C32H27NO4/c1-22(19-30(34)33-26-16-10-17-27(21-26)35-2)29-20-25-15-9-18-28(32(25)37-29)36-31(23-11-5-3-6-12-23)24-13-7-4-8-14-24/h3-21,31H,1-2H3,(H,33,34). The first-order chi connectivity index (χ1) is 18.1. The van der Waals surface area contributed by atoms with E-state index in [9.17, 15) is 4.79 Å². The molecule has 184 valence electrons. The number of carbonyl (C=O) groups excluding carboxylic acids is 1. The van der Waals surface area contributed by atoms with E-state index in [-0.39, 0.29) is 12.0 Å². The predicted octanol–water partition coefficient (Wildman–Crippen LogP) is 7.65. The van der Waals surface area contributed by atoms with Crippen molar-refractivity contribution in [3.63, 3.8) is 0 Å². The van der Waals surface area contributed by atoms with Crippen molar-refractivity contribution in [2.75, 3.05) is 12.4 Å². The van der Waals surface area contributed by atoms with E-state index in [1.165, 1.54) is 6.08 Å². The summed E-state index contributed by atoms with van der Waals surface area (Å²) < 4.78 is 18.0. The molecule has 4 aromatic carbocycles. The van der Waals surface area contributed by atoms with Gasteiger partial charge in [0, 0.05) is 23.2 Å². The molecule has 0 saturated heterocycles. The molecule has 5 heteroatoms. The molecule has 5 aromatic rings. The molecule has 1 N–H and O–H groups in total. The van der Waals surface area contributed by atoms with Gasteiger partial charge in [0.25, 0.3) is 0 Å². The summed E-state index contributed by atoms with van der Waals surface area (Å²) in [6.07, 6.45) is 1.22. The SMILES string of the molecule is COc1cccc(NC(=O)C=C(C)c2cc3cccc(OC(c4ccccc4)c4ccccc4)c3o2)c1. The van der Waals surface area contributed by atoms with Gasteiger partial charge in [0.05, 0.1) is 7.11 Å². The van der Waals surface area contributed by atoms with Crippen molar-refractivity contribution < 1.29 is 18.7 Å². The Morgan fingerprint density at radius 1 is 0.838 bits per heavy atom. The number of para-hydroxylation sites is 1. The van der Waals surface area contributed by atoms with E-state index in [1.54, 1.807) is 13.2 Å². The summed E-state index contributed by atoms with van der Waals surface area (Å²) in [5.41, 5.74) is 4.08. The molecule has 0 aliphatic carbocycles. The Hall–Kier alpha value is -4.77. The molecule has 1 amide bonds. The molecule has 0 atom stereocenters. The lowest BCUT2D eigenvalue weighted by Gasteiger charge is -2.20. The molecular weight excluding hydrogens is 462 g/mol. The third-order valence-electron chi connectivity index (χ3n) is 6.03.